The van der Waals surface area contributed by atoms with Gasteiger partial charge in [0.25, 0.3) is 0 Å². The van der Waals surface area contributed by atoms with Gasteiger partial charge in [0.2, 0.25) is 0 Å². The molecule has 1 spiro atoms. The summed E-state index contributed by atoms with van der Waals surface area (Å²) in [5, 5.41) is 7.77. The van der Waals surface area contributed by atoms with Gasteiger partial charge in [0.05, 0.1) is 11.1 Å². The van der Waals surface area contributed by atoms with Gasteiger partial charge in [-0.25, -0.2) is 0 Å². The molecule has 1 saturated carbocycles. The van der Waals surface area contributed by atoms with Gasteiger partial charge in [-0.1, -0.05) is 219 Å². The van der Waals surface area contributed by atoms with Crippen LogP contribution in [0.1, 0.15) is 65.5 Å². The average Bonchev–Trinajstić information content (AvgIpc) is 3.86. The van der Waals surface area contributed by atoms with Gasteiger partial charge in [-0.2, -0.15) is 0 Å². The van der Waals surface area contributed by atoms with Crippen LogP contribution >= 0.6 is 0 Å². The van der Waals surface area contributed by atoms with Crippen molar-refractivity contribution in [2.24, 2.45) is 0 Å². The van der Waals surface area contributed by atoms with E-state index in [0.717, 1.165) is 11.4 Å². The molecule has 3 aliphatic carbocycles. The first-order valence-corrected chi connectivity index (χ1v) is 24.6. The molecule has 11 aromatic rings. The smallest absolute Gasteiger partial charge is 0.0714 e. The van der Waals surface area contributed by atoms with Gasteiger partial charge in [0, 0.05) is 22.4 Å². The number of nitrogens with zero attached hydrogens (tertiary/aromatic N) is 1. The van der Waals surface area contributed by atoms with E-state index in [-0.39, 0.29) is 5.41 Å². The molecule has 0 heterocycles. The summed E-state index contributed by atoms with van der Waals surface area (Å²) in [4.78, 5) is 2.57. The van der Waals surface area contributed by atoms with Crippen LogP contribution in [0.15, 0.2) is 237 Å². The van der Waals surface area contributed by atoms with Crippen molar-refractivity contribution in [1.29, 1.82) is 0 Å². The van der Waals surface area contributed by atoms with Crippen LogP contribution in [0.3, 0.4) is 0 Å². The van der Waals surface area contributed by atoms with E-state index in [9.17, 15) is 0 Å². The summed E-state index contributed by atoms with van der Waals surface area (Å²) >= 11 is 0. The Morgan fingerprint density at radius 3 is 1.50 bits per heavy atom. The van der Waals surface area contributed by atoms with Crippen LogP contribution in [0.5, 0.6) is 0 Å². The minimum Gasteiger partial charge on any atom is -0.310 e. The molecular weight excluding hydrogens is 819 g/mol. The van der Waals surface area contributed by atoms with Crippen molar-refractivity contribution in [3.63, 3.8) is 0 Å². The average molecular weight is 868 g/mol. The van der Waals surface area contributed by atoms with Crippen molar-refractivity contribution in [2.75, 3.05) is 4.90 Å². The first-order chi connectivity index (χ1) is 33.7. The van der Waals surface area contributed by atoms with E-state index in [4.69, 9.17) is 0 Å². The van der Waals surface area contributed by atoms with E-state index < -0.39 is 5.41 Å². The second-order valence-electron chi connectivity index (χ2n) is 19.4. The molecule has 322 valence electrons. The summed E-state index contributed by atoms with van der Waals surface area (Å²) in [7, 11) is 0. The molecule has 68 heavy (non-hydrogen) atoms. The Bertz CT molecular complexity index is 3690. The number of anilines is 3. The van der Waals surface area contributed by atoms with Crippen molar-refractivity contribution >= 4 is 49.4 Å². The molecule has 1 nitrogen and oxygen atoms in total. The standard InChI is InChI=1S/C67H49N/c1-4-19-47(20-5-1)67(48-21-6-2-7-22-48)61-30-15-12-27-56(61)57-40-38-50(44-63(57)67)68(64-32-18-31-62-65(64)58-28-13-14-29-60(58)66(62)41-16-3-17-42-66)49-36-33-45(34-37-49)46-35-39-55-53-25-9-8-23-51(53)52-24-10-11-26-54(52)59(55)43-46/h1-2,4-15,18-40,43-44H,3,16-17,41-42H2. The topological polar surface area (TPSA) is 3.24 Å². The minimum atomic E-state index is -0.511. The van der Waals surface area contributed by atoms with Crippen LogP contribution < -0.4 is 4.90 Å². The highest BCUT2D eigenvalue weighted by atomic mass is 15.1. The summed E-state index contributed by atoms with van der Waals surface area (Å²) in [6.07, 6.45) is 6.22. The second-order valence-corrected chi connectivity index (χ2v) is 19.4. The third-order valence-corrected chi connectivity index (χ3v) is 16.1. The van der Waals surface area contributed by atoms with Crippen LogP contribution in [-0.4, -0.2) is 0 Å². The lowest BCUT2D eigenvalue weighted by atomic mass is 9.67. The maximum Gasteiger partial charge on any atom is 0.0714 e. The van der Waals surface area contributed by atoms with Crippen LogP contribution in [-0.2, 0) is 10.8 Å². The number of hydrogen-bond acceptors (Lipinski definition) is 1. The molecule has 0 atom stereocenters. The summed E-state index contributed by atoms with van der Waals surface area (Å²) in [6.45, 7) is 0. The Kier molecular flexibility index (Phi) is 8.80. The first kappa shape index (κ1) is 39.2. The molecule has 0 N–H and O–H groups in total. The lowest BCUT2D eigenvalue weighted by molar-refractivity contribution is 0.353. The lowest BCUT2D eigenvalue weighted by Crippen LogP contribution is -2.28. The fraction of sp³-hybridized carbons (Fsp3) is 0.104. The largest absolute Gasteiger partial charge is 0.310 e. The van der Waals surface area contributed by atoms with E-state index in [0.29, 0.717) is 0 Å². The Morgan fingerprint density at radius 2 is 0.824 bits per heavy atom. The van der Waals surface area contributed by atoms with Crippen molar-refractivity contribution in [2.45, 2.75) is 42.9 Å². The van der Waals surface area contributed by atoms with Gasteiger partial charge in [-0.3, -0.25) is 0 Å². The molecule has 1 heteroatoms. The van der Waals surface area contributed by atoms with Crippen LogP contribution in [0.25, 0.3) is 65.7 Å². The van der Waals surface area contributed by atoms with Crippen molar-refractivity contribution in [3.8, 4) is 33.4 Å². The second kappa shape index (κ2) is 15.3. The van der Waals surface area contributed by atoms with Gasteiger partial charge in [-0.15, -0.1) is 0 Å². The molecule has 0 bridgehead atoms. The SMILES string of the molecule is c1ccc(C2(c3ccccc3)c3ccccc3-c3ccc(N(c4ccc(-c5ccc6c7ccccc7c7ccccc7c6c5)cc4)c4cccc5c4-c4ccccc4C54CCCCC4)cc32)cc1. The molecule has 0 aromatic heterocycles. The molecule has 0 saturated heterocycles. The van der Waals surface area contributed by atoms with Crippen molar-refractivity contribution in [3.05, 3.63) is 270 Å². The van der Waals surface area contributed by atoms with Crippen molar-refractivity contribution < 1.29 is 0 Å². The lowest BCUT2D eigenvalue weighted by Gasteiger charge is -2.36. The van der Waals surface area contributed by atoms with Gasteiger partial charge in [-0.05, 0) is 143 Å². The summed E-state index contributed by atoms with van der Waals surface area (Å²) in [5.74, 6) is 0. The third-order valence-electron chi connectivity index (χ3n) is 16.1. The van der Waals surface area contributed by atoms with E-state index >= 15 is 0 Å². The molecule has 0 aliphatic heterocycles. The Hall–Kier alpha value is -8.00. The quantitative estimate of drug-likeness (QED) is 0.151. The normalized spacial score (nSPS) is 15.0. The van der Waals surface area contributed by atoms with Gasteiger partial charge < -0.3 is 4.90 Å². The fourth-order valence-corrected chi connectivity index (χ4v) is 13.3. The zero-order valence-corrected chi connectivity index (χ0v) is 38.0. The highest BCUT2D eigenvalue weighted by molar-refractivity contribution is 6.25. The first-order valence-electron chi connectivity index (χ1n) is 24.6. The van der Waals surface area contributed by atoms with E-state index in [1.807, 2.05) is 0 Å². The highest BCUT2D eigenvalue weighted by Crippen LogP contribution is 2.61. The van der Waals surface area contributed by atoms with Gasteiger partial charge >= 0.3 is 0 Å². The highest BCUT2D eigenvalue weighted by Gasteiger charge is 2.47. The predicted molar refractivity (Wildman–Crippen MR) is 286 cm³/mol. The third kappa shape index (κ3) is 5.57. The molecule has 1 fully saturated rings. The molecule has 0 amide bonds. The molecule has 3 aliphatic rings. The zero-order chi connectivity index (χ0) is 44.8. The molecular formula is C67H49N. The predicted octanol–water partition coefficient (Wildman–Crippen LogP) is 17.9. The number of rotatable bonds is 6. The van der Waals surface area contributed by atoms with E-state index in [2.05, 4.69) is 241 Å². The fourth-order valence-electron chi connectivity index (χ4n) is 13.3. The maximum atomic E-state index is 2.57. The van der Waals surface area contributed by atoms with Crippen molar-refractivity contribution in [1.82, 2.24) is 0 Å². The zero-order valence-electron chi connectivity index (χ0n) is 38.0. The Morgan fingerprint density at radius 1 is 0.309 bits per heavy atom. The maximum absolute atomic E-state index is 2.57. The molecule has 0 radical (unpaired) electrons. The summed E-state index contributed by atoms with van der Waals surface area (Å²) in [6, 6.07) is 89.4. The molecule has 14 rings (SSSR count). The monoisotopic (exact) mass is 867 g/mol. The molecule has 11 aromatic carbocycles. The number of hydrogen-bond donors (Lipinski definition) is 0. The molecule has 0 unspecified atom stereocenters. The van der Waals surface area contributed by atoms with Gasteiger partial charge in [0.1, 0.15) is 0 Å². The van der Waals surface area contributed by atoms with Gasteiger partial charge in [0.15, 0.2) is 0 Å². The summed E-state index contributed by atoms with van der Waals surface area (Å²) in [5.41, 5.74) is 19.0. The number of benzene rings is 11. The van der Waals surface area contributed by atoms with Crippen LogP contribution in [0, 0.1) is 0 Å². The number of fused-ring (bicyclic) bond motifs is 14. The minimum absolute atomic E-state index is 0.0383. The Balaban J connectivity index is 0.993. The van der Waals surface area contributed by atoms with Crippen LogP contribution in [0.2, 0.25) is 0 Å². The van der Waals surface area contributed by atoms with Crippen LogP contribution in [0.4, 0.5) is 17.1 Å². The summed E-state index contributed by atoms with van der Waals surface area (Å²) < 4.78 is 0. The van der Waals surface area contributed by atoms with E-state index in [1.54, 1.807) is 0 Å². The Labute approximate surface area is 398 Å². The van der Waals surface area contributed by atoms with E-state index in [1.165, 1.54) is 137 Å².